The van der Waals surface area contributed by atoms with Crippen LogP contribution in [0.2, 0.25) is 0 Å². The van der Waals surface area contributed by atoms with E-state index in [-0.39, 0.29) is 0 Å². The van der Waals surface area contributed by atoms with Crippen molar-refractivity contribution >= 4 is 20.6 Å². The molecule has 0 aromatic carbocycles. The van der Waals surface area contributed by atoms with Gasteiger partial charge in [0, 0.05) is 28.7 Å². The molecular formula is C12H24O3S2. The topological polar surface area (TPSA) is 51.2 Å². The van der Waals surface area contributed by atoms with E-state index in [0.717, 1.165) is 0 Å². The highest BCUT2D eigenvalue weighted by Crippen LogP contribution is 1.95. The van der Waals surface area contributed by atoms with Gasteiger partial charge in [0.2, 0.25) is 0 Å². The lowest BCUT2D eigenvalue weighted by Crippen LogP contribution is -1.89. The first-order valence-electron chi connectivity index (χ1n) is 5.43. The van der Waals surface area contributed by atoms with Crippen molar-refractivity contribution < 1.29 is 12.6 Å². The monoisotopic (exact) mass is 280 g/mol. The number of hydrogen-bond donors (Lipinski definition) is 0. The summed E-state index contributed by atoms with van der Waals surface area (Å²) in [6.45, 7) is 7.98. The Morgan fingerprint density at radius 1 is 1.00 bits per heavy atom. The molecule has 0 aromatic heterocycles. The molecule has 0 radical (unpaired) electrons. The number of rotatable bonds is 4. The lowest BCUT2D eigenvalue weighted by atomic mass is 10.2. The van der Waals surface area contributed by atoms with Crippen LogP contribution in [0.1, 0.15) is 27.7 Å². The normalized spacial score (nSPS) is 14.4. The van der Waals surface area contributed by atoms with Gasteiger partial charge in [0.15, 0.2) is 9.84 Å². The molecule has 0 fully saturated rings. The summed E-state index contributed by atoms with van der Waals surface area (Å²) in [5.41, 5.74) is 0. The van der Waals surface area contributed by atoms with Gasteiger partial charge < -0.3 is 0 Å². The van der Waals surface area contributed by atoms with Crippen LogP contribution in [-0.4, -0.2) is 25.1 Å². The van der Waals surface area contributed by atoms with Crippen molar-refractivity contribution in [2.45, 2.75) is 27.7 Å². The zero-order valence-electron chi connectivity index (χ0n) is 11.5. The fraction of sp³-hybridized carbons (Fsp3) is 0.667. The van der Waals surface area contributed by atoms with Crippen LogP contribution in [0.3, 0.4) is 0 Å². The predicted octanol–water partition coefficient (Wildman–Crippen LogP) is 2.74. The summed E-state index contributed by atoms with van der Waals surface area (Å²) in [4.78, 5) is 0. The van der Waals surface area contributed by atoms with Crippen LogP contribution in [0.25, 0.3) is 0 Å². The van der Waals surface area contributed by atoms with E-state index in [4.69, 9.17) is 0 Å². The molecule has 5 heteroatoms. The van der Waals surface area contributed by atoms with E-state index in [1.807, 2.05) is 19.9 Å². The molecule has 0 N–H and O–H groups in total. The number of sulfone groups is 1. The van der Waals surface area contributed by atoms with E-state index < -0.39 is 20.6 Å². The summed E-state index contributed by atoms with van der Waals surface area (Å²) in [5, 5.41) is 2.95. The lowest BCUT2D eigenvalue weighted by molar-refractivity contribution is 0.609. The highest BCUT2D eigenvalue weighted by molar-refractivity contribution is 7.93. The standard InChI is InChI=1S/C6H12O2S.C6H12OS/c1-6(2)4-5-9(3,7)8;1-6(2)4-5-8(3)7/h4-6H,1-3H3;4-6H,1-3H3/b2*5-4+. The van der Waals surface area contributed by atoms with Gasteiger partial charge in [0.05, 0.1) is 0 Å². The molecule has 0 bridgehead atoms. The van der Waals surface area contributed by atoms with Crippen LogP contribution in [0, 0.1) is 11.8 Å². The summed E-state index contributed by atoms with van der Waals surface area (Å²) >= 11 is 0. The molecule has 17 heavy (non-hydrogen) atoms. The van der Waals surface area contributed by atoms with Crippen LogP contribution in [0.15, 0.2) is 23.0 Å². The third kappa shape index (κ3) is 25.7. The molecule has 0 aromatic rings. The maximum atomic E-state index is 10.4. The summed E-state index contributed by atoms with van der Waals surface area (Å²) in [5.74, 6) is 0.818. The third-order valence-corrected chi connectivity index (χ3v) is 2.56. The molecule has 0 aliphatic heterocycles. The van der Waals surface area contributed by atoms with Crippen molar-refractivity contribution in [1.82, 2.24) is 0 Å². The SMILES string of the molecule is CC(C)/C=C/S(C)(=O)=O.CC(C)/C=C/S(C)=O. The Bertz CT molecular complexity index is 363. The van der Waals surface area contributed by atoms with Crippen LogP contribution in [0.5, 0.6) is 0 Å². The lowest BCUT2D eigenvalue weighted by Gasteiger charge is -1.90. The number of allylic oxidation sites excluding steroid dienone is 2. The van der Waals surface area contributed by atoms with Crippen molar-refractivity contribution in [3.8, 4) is 0 Å². The van der Waals surface area contributed by atoms with E-state index in [2.05, 4.69) is 13.8 Å². The van der Waals surface area contributed by atoms with E-state index in [1.165, 1.54) is 11.7 Å². The maximum absolute atomic E-state index is 10.4. The molecule has 0 heterocycles. The second-order valence-electron chi connectivity index (χ2n) is 4.47. The van der Waals surface area contributed by atoms with Gasteiger partial charge in [-0.3, -0.25) is 4.21 Å². The van der Waals surface area contributed by atoms with Crippen LogP contribution in [-0.2, 0) is 20.6 Å². The molecule has 0 aliphatic carbocycles. The summed E-state index contributed by atoms with van der Waals surface area (Å²) in [6, 6.07) is 0. The molecule has 0 rings (SSSR count). The molecule has 0 amide bonds. The van der Waals surface area contributed by atoms with Gasteiger partial charge in [0.1, 0.15) is 0 Å². The molecule has 102 valence electrons. The second-order valence-corrected chi connectivity index (χ2v) is 7.67. The van der Waals surface area contributed by atoms with Crippen molar-refractivity contribution in [3.05, 3.63) is 23.0 Å². The van der Waals surface area contributed by atoms with Crippen molar-refractivity contribution in [2.75, 3.05) is 12.5 Å². The first-order chi connectivity index (χ1) is 7.54. The fourth-order valence-corrected chi connectivity index (χ4v) is 1.70. The molecule has 0 saturated carbocycles. The molecule has 3 nitrogen and oxygen atoms in total. The Morgan fingerprint density at radius 2 is 1.41 bits per heavy atom. The van der Waals surface area contributed by atoms with Gasteiger partial charge in [0.25, 0.3) is 0 Å². The molecule has 1 unspecified atom stereocenters. The largest absolute Gasteiger partial charge is 0.255 e. The summed E-state index contributed by atoms with van der Waals surface area (Å²) in [6.07, 6.45) is 6.45. The zero-order chi connectivity index (χ0) is 14.1. The van der Waals surface area contributed by atoms with Gasteiger partial charge in [-0.1, -0.05) is 39.8 Å². The minimum atomic E-state index is -2.90. The van der Waals surface area contributed by atoms with E-state index >= 15 is 0 Å². The highest BCUT2D eigenvalue weighted by Gasteiger charge is 1.92. The summed E-state index contributed by atoms with van der Waals surface area (Å²) in [7, 11) is -3.67. The Kier molecular flexibility index (Phi) is 10.7. The van der Waals surface area contributed by atoms with E-state index in [9.17, 15) is 12.6 Å². The fourth-order valence-electron chi connectivity index (χ4n) is 0.568. The molecule has 0 saturated heterocycles. The van der Waals surface area contributed by atoms with Crippen LogP contribution in [0.4, 0.5) is 0 Å². The molecule has 1 atom stereocenters. The Labute approximate surface area is 108 Å². The Morgan fingerprint density at radius 3 is 1.53 bits per heavy atom. The third-order valence-electron chi connectivity index (χ3n) is 1.37. The Hall–Kier alpha value is -0.420. The average molecular weight is 280 g/mol. The van der Waals surface area contributed by atoms with Crippen molar-refractivity contribution in [3.63, 3.8) is 0 Å². The van der Waals surface area contributed by atoms with Gasteiger partial charge in [-0.05, 0) is 17.2 Å². The van der Waals surface area contributed by atoms with Gasteiger partial charge in [-0.25, -0.2) is 8.42 Å². The highest BCUT2D eigenvalue weighted by atomic mass is 32.2. The minimum absolute atomic E-state index is 0.305. The van der Waals surface area contributed by atoms with E-state index in [1.54, 1.807) is 17.7 Å². The molecule has 0 aliphatic rings. The number of hydrogen-bond acceptors (Lipinski definition) is 3. The Balaban J connectivity index is 0. The minimum Gasteiger partial charge on any atom is -0.255 e. The van der Waals surface area contributed by atoms with Gasteiger partial charge in [-0.2, -0.15) is 0 Å². The first kappa shape index (κ1) is 18.9. The first-order valence-corrected chi connectivity index (χ1v) is 9.01. The quantitative estimate of drug-likeness (QED) is 0.795. The smallest absolute Gasteiger partial charge is 0.168 e. The van der Waals surface area contributed by atoms with Gasteiger partial charge >= 0.3 is 0 Å². The van der Waals surface area contributed by atoms with Crippen LogP contribution >= 0.6 is 0 Å². The van der Waals surface area contributed by atoms with Crippen molar-refractivity contribution in [1.29, 1.82) is 0 Å². The molecular weight excluding hydrogens is 256 g/mol. The zero-order valence-corrected chi connectivity index (χ0v) is 13.1. The van der Waals surface area contributed by atoms with E-state index in [0.29, 0.717) is 11.8 Å². The van der Waals surface area contributed by atoms with Crippen molar-refractivity contribution in [2.24, 2.45) is 11.8 Å². The predicted molar refractivity (Wildman–Crippen MR) is 76.9 cm³/mol. The van der Waals surface area contributed by atoms with Crippen LogP contribution < -0.4 is 0 Å². The summed E-state index contributed by atoms with van der Waals surface area (Å²) < 4.78 is 31.3. The second kappa shape index (κ2) is 9.59. The average Bonchev–Trinajstić information content (AvgIpc) is 2.11. The van der Waals surface area contributed by atoms with Gasteiger partial charge in [-0.15, -0.1) is 0 Å². The molecule has 0 spiro atoms. The maximum Gasteiger partial charge on any atom is 0.168 e.